The van der Waals surface area contributed by atoms with E-state index < -0.39 is 41.7 Å². The number of anilines is 1. The number of nitrogens with zero attached hydrogens (tertiary/aromatic N) is 4. The van der Waals surface area contributed by atoms with Crippen molar-refractivity contribution >= 4 is 40.3 Å². The maximum Gasteiger partial charge on any atom is 0.411 e. The van der Waals surface area contributed by atoms with Crippen LogP contribution in [0.1, 0.15) is 39.0 Å². The number of carbonyl (C=O) groups is 2. The van der Waals surface area contributed by atoms with Gasteiger partial charge in [-0.1, -0.05) is 11.6 Å². The summed E-state index contributed by atoms with van der Waals surface area (Å²) in [4.78, 5) is 37.9. The Morgan fingerprint density at radius 2 is 1.85 bits per heavy atom. The zero-order valence-corrected chi connectivity index (χ0v) is 21.0. The monoisotopic (exact) mass is 494 g/mol. The number of hydrogen-bond donors (Lipinski definition) is 0. The van der Waals surface area contributed by atoms with E-state index in [1.54, 1.807) is 34.6 Å². The molecule has 34 heavy (non-hydrogen) atoms. The quantitative estimate of drug-likeness (QED) is 0.436. The van der Waals surface area contributed by atoms with Crippen molar-refractivity contribution in [1.82, 2.24) is 14.9 Å². The molecule has 0 bridgehead atoms. The summed E-state index contributed by atoms with van der Waals surface area (Å²) in [6.45, 7) is 10.8. The predicted molar refractivity (Wildman–Crippen MR) is 124 cm³/mol. The van der Waals surface area contributed by atoms with Crippen LogP contribution in [0.3, 0.4) is 0 Å². The Hall–Kier alpha value is -2.88. The maximum absolute atomic E-state index is 15.2. The van der Waals surface area contributed by atoms with Crippen LogP contribution < -0.4 is 9.64 Å². The SMILES string of the molecule is COC(=O)C1CN2c3nc(C)c(C)c4c(F)c(Cl)nc(c34)OC(C)C2CN1C(=O)OC(C)(C)C. The third-order valence-corrected chi connectivity index (χ3v) is 6.47. The molecule has 2 aromatic heterocycles. The maximum atomic E-state index is 15.2. The normalized spacial score (nSPS) is 22.1. The van der Waals surface area contributed by atoms with E-state index in [2.05, 4.69) is 4.98 Å². The van der Waals surface area contributed by atoms with Gasteiger partial charge in [0.05, 0.1) is 25.1 Å². The van der Waals surface area contributed by atoms with Gasteiger partial charge in [0.15, 0.2) is 17.0 Å². The summed E-state index contributed by atoms with van der Waals surface area (Å²) in [6.07, 6.45) is -1.14. The number of fused-ring (bicyclic) bond motifs is 2. The number of amides is 1. The third kappa shape index (κ3) is 3.97. The van der Waals surface area contributed by atoms with Gasteiger partial charge in [0, 0.05) is 17.6 Å². The molecular weight excluding hydrogens is 467 g/mol. The number of piperazine rings is 1. The number of ether oxygens (including phenoxy) is 3. The molecule has 2 aliphatic rings. The highest BCUT2D eigenvalue weighted by atomic mass is 35.5. The molecule has 184 valence electrons. The number of esters is 1. The van der Waals surface area contributed by atoms with Gasteiger partial charge in [-0.15, -0.1) is 0 Å². The second-order valence-corrected chi connectivity index (χ2v) is 9.99. The van der Waals surface area contributed by atoms with Crippen LogP contribution in [0, 0.1) is 19.7 Å². The molecule has 0 saturated carbocycles. The fraction of sp³-hybridized carbons (Fsp3) is 0.565. The Morgan fingerprint density at radius 1 is 1.18 bits per heavy atom. The first-order valence-corrected chi connectivity index (χ1v) is 11.4. The van der Waals surface area contributed by atoms with Gasteiger partial charge in [-0.3, -0.25) is 4.90 Å². The van der Waals surface area contributed by atoms with Crippen LogP contribution in [-0.4, -0.2) is 70.9 Å². The zero-order chi connectivity index (χ0) is 25.1. The van der Waals surface area contributed by atoms with Crippen LogP contribution >= 0.6 is 11.6 Å². The minimum Gasteiger partial charge on any atom is -0.472 e. The first kappa shape index (κ1) is 24.3. The minimum atomic E-state index is -0.964. The molecule has 0 spiro atoms. The third-order valence-electron chi connectivity index (χ3n) is 6.22. The van der Waals surface area contributed by atoms with E-state index in [4.69, 9.17) is 30.8 Å². The van der Waals surface area contributed by atoms with Crippen molar-refractivity contribution < 1.29 is 28.2 Å². The van der Waals surface area contributed by atoms with Gasteiger partial charge in [0.2, 0.25) is 5.88 Å². The predicted octanol–water partition coefficient (Wildman–Crippen LogP) is 3.79. The molecule has 1 fully saturated rings. The van der Waals surface area contributed by atoms with Crippen LogP contribution in [0.5, 0.6) is 5.88 Å². The van der Waals surface area contributed by atoms with Gasteiger partial charge in [-0.25, -0.2) is 19.0 Å². The molecule has 2 aromatic rings. The molecule has 3 unspecified atom stereocenters. The number of methoxy groups -OCH3 is 1. The first-order valence-electron chi connectivity index (χ1n) is 11.0. The highest BCUT2D eigenvalue weighted by Crippen LogP contribution is 2.43. The Bertz CT molecular complexity index is 1180. The molecule has 11 heteroatoms. The summed E-state index contributed by atoms with van der Waals surface area (Å²) in [5.41, 5.74) is 0.469. The Labute approximate surface area is 202 Å². The number of hydrogen-bond acceptors (Lipinski definition) is 8. The van der Waals surface area contributed by atoms with Crippen LogP contribution in [-0.2, 0) is 14.3 Å². The number of rotatable bonds is 1. The number of halogens is 2. The Balaban J connectivity index is 1.88. The summed E-state index contributed by atoms with van der Waals surface area (Å²) in [5, 5.41) is 0.361. The van der Waals surface area contributed by atoms with Gasteiger partial charge in [-0.2, -0.15) is 4.98 Å². The van der Waals surface area contributed by atoms with E-state index in [0.29, 0.717) is 22.5 Å². The van der Waals surface area contributed by atoms with Crippen molar-refractivity contribution in [2.45, 2.75) is 65.3 Å². The van der Waals surface area contributed by atoms with Crippen LogP contribution in [0.15, 0.2) is 0 Å². The second kappa shape index (κ2) is 8.41. The summed E-state index contributed by atoms with van der Waals surface area (Å²) in [6, 6.07) is -1.39. The molecule has 4 heterocycles. The van der Waals surface area contributed by atoms with E-state index in [1.165, 1.54) is 12.0 Å². The van der Waals surface area contributed by atoms with Crippen LogP contribution in [0.4, 0.5) is 15.0 Å². The molecule has 0 aliphatic carbocycles. The highest BCUT2D eigenvalue weighted by molar-refractivity contribution is 6.30. The molecule has 4 rings (SSSR count). The summed E-state index contributed by atoms with van der Waals surface area (Å²) in [5.74, 6) is -0.672. The van der Waals surface area contributed by atoms with Crippen molar-refractivity contribution in [3.8, 4) is 5.88 Å². The average Bonchev–Trinajstić information content (AvgIpc) is 2.86. The van der Waals surface area contributed by atoms with Crippen molar-refractivity contribution in [3.63, 3.8) is 0 Å². The topological polar surface area (TPSA) is 94.1 Å². The number of carbonyl (C=O) groups excluding carboxylic acids is 2. The molecule has 1 amide bonds. The smallest absolute Gasteiger partial charge is 0.411 e. The van der Waals surface area contributed by atoms with Gasteiger partial charge >= 0.3 is 12.1 Å². The van der Waals surface area contributed by atoms with Crippen molar-refractivity contribution in [2.24, 2.45) is 0 Å². The van der Waals surface area contributed by atoms with E-state index in [9.17, 15) is 9.59 Å². The molecule has 0 radical (unpaired) electrons. The van der Waals surface area contributed by atoms with E-state index in [-0.39, 0.29) is 29.5 Å². The lowest BCUT2D eigenvalue weighted by Gasteiger charge is -2.46. The molecule has 9 nitrogen and oxygen atoms in total. The highest BCUT2D eigenvalue weighted by Gasteiger charge is 2.47. The fourth-order valence-corrected chi connectivity index (χ4v) is 4.63. The largest absolute Gasteiger partial charge is 0.472 e. The van der Waals surface area contributed by atoms with Gasteiger partial charge < -0.3 is 19.1 Å². The molecule has 1 saturated heterocycles. The summed E-state index contributed by atoms with van der Waals surface area (Å²) in [7, 11) is 1.26. The van der Waals surface area contributed by atoms with Gasteiger partial charge in [0.25, 0.3) is 0 Å². The van der Waals surface area contributed by atoms with E-state index >= 15 is 4.39 Å². The average molecular weight is 495 g/mol. The number of aryl methyl sites for hydroxylation is 2. The standard InChI is InChI=1S/C23H28ClFN4O5/c1-10-11(2)26-19-16-15(10)17(25)18(24)27-20(16)33-12(3)13-8-29(22(31)34-23(4,5)6)14(9-28(13)19)21(30)32-7/h12-14H,8-9H2,1-7H3. The molecule has 0 aromatic carbocycles. The van der Waals surface area contributed by atoms with Crippen molar-refractivity contribution in [2.75, 3.05) is 25.1 Å². The van der Waals surface area contributed by atoms with Crippen molar-refractivity contribution in [1.29, 1.82) is 0 Å². The lowest BCUT2D eigenvalue weighted by atomic mass is 10.0. The Morgan fingerprint density at radius 3 is 2.47 bits per heavy atom. The summed E-state index contributed by atoms with van der Waals surface area (Å²) >= 11 is 6.11. The van der Waals surface area contributed by atoms with Gasteiger partial charge in [-0.05, 0) is 47.1 Å². The molecule has 2 aliphatic heterocycles. The molecule has 0 N–H and O–H groups in total. The van der Waals surface area contributed by atoms with Crippen molar-refractivity contribution in [3.05, 3.63) is 22.2 Å². The second-order valence-electron chi connectivity index (χ2n) is 9.63. The zero-order valence-electron chi connectivity index (χ0n) is 20.2. The van der Waals surface area contributed by atoms with Crippen LogP contribution in [0.25, 0.3) is 10.8 Å². The first-order chi connectivity index (χ1) is 15.8. The number of aromatic nitrogens is 2. The summed E-state index contributed by atoms with van der Waals surface area (Å²) < 4.78 is 31.9. The minimum absolute atomic E-state index is 0.0541. The van der Waals surface area contributed by atoms with Gasteiger partial charge in [0.1, 0.15) is 17.5 Å². The lowest BCUT2D eigenvalue weighted by Crippen LogP contribution is -2.66. The van der Waals surface area contributed by atoms with E-state index in [0.717, 1.165) is 0 Å². The molecule has 3 atom stereocenters. The van der Waals surface area contributed by atoms with E-state index in [1.807, 2.05) is 11.8 Å². The van der Waals surface area contributed by atoms with Crippen LogP contribution in [0.2, 0.25) is 5.15 Å². The molecular formula is C23H28ClFN4O5. The fourth-order valence-electron chi connectivity index (χ4n) is 4.45. The lowest BCUT2D eigenvalue weighted by molar-refractivity contribution is -0.147. The Kier molecular flexibility index (Phi) is 6.00. The number of pyridine rings is 2.